The van der Waals surface area contributed by atoms with E-state index in [0.29, 0.717) is 11.3 Å². The first kappa shape index (κ1) is 11.7. The molecule has 1 aromatic heterocycles. The summed E-state index contributed by atoms with van der Waals surface area (Å²) >= 11 is 5.82. The lowest BCUT2D eigenvalue weighted by atomic mass is 9.80. The fourth-order valence-electron chi connectivity index (χ4n) is 2.26. The van der Waals surface area contributed by atoms with Crippen LogP contribution in [0.25, 0.3) is 0 Å². The van der Waals surface area contributed by atoms with Gasteiger partial charge in [-0.3, -0.25) is 0 Å². The van der Waals surface area contributed by atoms with Gasteiger partial charge in [0, 0.05) is 12.3 Å². The van der Waals surface area contributed by atoms with E-state index >= 15 is 0 Å². The van der Waals surface area contributed by atoms with Crippen molar-refractivity contribution in [1.82, 2.24) is 4.98 Å². The first-order valence-electron chi connectivity index (χ1n) is 5.93. The Hall–Kier alpha value is -0.760. The van der Waals surface area contributed by atoms with Gasteiger partial charge in [0.05, 0.1) is 6.10 Å². The summed E-state index contributed by atoms with van der Waals surface area (Å²) in [6.45, 7) is 4.63. The third kappa shape index (κ3) is 2.88. The summed E-state index contributed by atoms with van der Waals surface area (Å²) in [6, 6.07) is 3.65. The second-order valence-electron chi connectivity index (χ2n) is 4.82. The SMILES string of the molecule is CC1CCC(Oc2ccnc(Cl)c2)CC1C. The van der Waals surface area contributed by atoms with E-state index in [9.17, 15) is 0 Å². The van der Waals surface area contributed by atoms with Crippen LogP contribution in [0.4, 0.5) is 0 Å². The second kappa shape index (κ2) is 5.05. The van der Waals surface area contributed by atoms with Gasteiger partial charge in [-0.15, -0.1) is 0 Å². The van der Waals surface area contributed by atoms with Crippen molar-refractivity contribution in [3.8, 4) is 5.75 Å². The zero-order chi connectivity index (χ0) is 11.5. The van der Waals surface area contributed by atoms with Crippen LogP contribution in [0.15, 0.2) is 18.3 Å². The number of nitrogens with zero attached hydrogens (tertiary/aromatic N) is 1. The number of hydrogen-bond acceptors (Lipinski definition) is 2. The number of hydrogen-bond donors (Lipinski definition) is 0. The molecule has 0 aromatic carbocycles. The maximum Gasteiger partial charge on any atom is 0.132 e. The molecule has 1 heterocycles. The van der Waals surface area contributed by atoms with Crippen LogP contribution in [0, 0.1) is 11.8 Å². The zero-order valence-corrected chi connectivity index (χ0v) is 10.6. The van der Waals surface area contributed by atoms with Gasteiger partial charge in [0.1, 0.15) is 10.9 Å². The van der Waals surface area contributed by atoms with E-state index in [1.165, 1.54) is 6.42 Å². The molecule has 1 aliphatic carbocycles. The summed E-state index contributed by atoms with van der Waals surface area (Å²) in [5.41, 5.74) is 0. The maximum absolute atomic E-state index is 5.93. The Kier molecular flexibility index (Phi) is 3.70. The van der Waals surface area contributed by atoms with E-state index in [0.717, 1.165) is 30.4 Å². The van der Waals surface area contributed by atoms with Crippen molar-refractivity contribution in [1.29, 1.82) is 0 Å². The van der Waals surface area contributed by atoms with Crippen LogP contribution in [0.1, 0.15) is 33.1 Å². The third-order valence-corrected chi connectivity index (χ3v) is 3.76. The molecule has 1 fully saturated rings. The molecule has 1 aromatic rings. The summed E-state index contributed by atoms with van der Waals surface area (Å²) in [4.78, 5) is 3.95. The van der Waals surface area contributed by atoms with Gasteiger partial charge in [0.25, 0.3) is 0 Å². The molecule has 1 saturated carbocycles. The summed E-state index contributed by atoms with van der Waals surface area (Å²) in [5.74, 6) is 2.41. The van der Waals surface area contributed by atoms with Gasteiger partial charge in [0.15, 0.2) is 0 Å². The molecule has 3 unspecified atom stereocenters. The highest BCUT2D eigenvalue weighted by atomic mass is 35.5. The Morgan fingerprint density at radius 2 is 2.12 bits per heavy atom. The van der Waals surface area contributed by atoms with Gasteiger partial charge >= 0.3 is 0 Å². The molecule has 0 amide bonds. The largest absolute Gasteiger partial charge is 0.490 e. The van der Waals surface area contributed by atoms with Crippen molar-refractivity contribution in [3.05, 3.63) is 23.5 Å². The molecule has 2 nitrogen and oxygen atoms in total. The summed E-state index contributed by atoms with van der Waals surface area (Å²) in [7, 11) is 0. The van der Waals surface area contributed by atoms with Gasteiger partial charge in [-0.05, 0) is 37.2 Å². The van der Waals surface area contributed by atoms with Crippen LogP contribution in [0.3, 0.4) is 0 Å². The minimum absolute atomic E-state index is 0.338. The van der Waals surface area contributed by atoms with Crippen LogP contribution in [-0.2, 0) is 0 Å². The molecule has 3 heteroatoms. The summed E-state index contributed by atoms with van der Waals surface area (Å²) < 4.78 is 5.93. The molecule has 3 atom stereocenters. The van der Waals surface area contributed by atoms with Crippen molar-refractivity contribution < 1.29 is 4.74 Å². The number of pyridine rings is 1. The van der Waals surface area contributed by atoms with Crippen LogP contribution < -0.4 is 4.74 Å². The van der Waals surface area contributed by atoms with E-state index < -0.39 is 0 Å². The number of halogens is 1. The lowest BCUT2D eigenvalue weighted by Gasteiger charge is -2.32. The molecule has 0 aliphatic heterocycles. The topological polar surface area (TPSA) is 22.1 Å². The van der Waals surface area contributed by atoms with Crippen LogP contribution >= 0.6 is 11.6 Å². The van der Waals surface area contributed by atoms with E-state index in [2.05, 4.69) is 18.8 Å². The van der Waals surface area contributed by atoms with Gasteiger partial charge in [-0.25, -0.2) is 4.98 Å². The average Bonchev–Trinajstić information content (AvgIpc) is 2.24. The Bertz CT molecular complexity index is 356. The van der Waals surface area contributed by atoms with Crippen molar-refractivity contribution in [3.63, 3.8) is 0 Å². The Labute approximate surface area is 102 Å². The fourth-order valence-corrected chi connectivity index (χ4v) is 2.42. The highest BCUT2D eigenvalue weighted by molar-refractivity contribution is 6.29. The molecular weight excluding hydrogens is 222 g/mol. The molecule has 0 N–H and O–H groups in total. The predicted molar refractivity (Wildman–Crippen MR) is 65.8 cm³/mol. The molecule has 0 saturated heterocycles. The van der Waals surface area contributed by atoms with Crippen LogP contribution in [-0.4, -0.2) is 11.1 Å². The molecular formula is C13H18ClNO. The Balaban J connectivity index is 1.95. The molecule has 88 valence electrons. The van der Waals surface area contributed by atoms with E-state index in [-0.39, 0.29) is 0 Å². The quantitative estimate of drug-likeness (QED) is 0.730. The van der Waals surface area contributed by atoms with Gasteiger partial charge in [-0.1, -0.05) is 25.4 Å². The monoisotopic (exact) mass is 239 g/mol. The minimum atomic E-state index is 0.338. The normalized spacial score (nSPS) is 30.1. The minimum Gasteiger partial charge on any atom is -0.490 e. The zero-order valence-electron chi connectivity index (χ0n) is 9.82. The number of rotatable bonds is 2. The Morgan fingerprint density at radius 1 is 1.31 bits per heavy atom. The summed E-state index contributed by atoms with van der Waals surface area (Å²) in [5, 5.41) is 0.495. The van der Waals surface area contributed by atoms with Crippen molar-refractivity contribution in [2.45, 2.75) is 39.2 Å². The van der Waals surface area contributed by atoms with Crippen molar-refractivity contribution in [2.75, 3.05) is 0 Å². The van der Waals surface area contributed by atoms with Crippen molar-refractivity contribution >= 4 is 11.6 Å². The number of ether oxygens (including phenoxy) is 1. The highest BCUT2D eigenvalue weighted by Crippen LogP contribution is 2.31. The Morgan fingerprint density at radius 3 is 2.81 bits per heavy atom. The van der Waals surface area contributed by atoms with E-state index in [1.807, 2.05) is 6.07 Å². The van der Waals surface area contributed by atoms with Gasteiger partial charge in [0.2, 0.25) is 0 Å². The van der Waals surface area contributed by atoms with Gasteiger partial charge < -0.3 is 4.74 Å². The lowest BCUT2D eigenvalue weighted by Crippen LogP contribution is -2.28. The second-order valence-corrected chi connectivity index (χ2v) is 5.21. The standard InChI is InChI=1S/C13H18ClNO/c1-9-3-4-11(7-10(9)2)16-12-5-6-15-13(14)8-12/h5-6,8-11H,3-4,7H2,1-2H3. The van der Waals surface area contributed by atoms with Crippen molar-refractivity contribution in [2.24, 2.45) is 11.8 Å². The van der Waals surface area contributed by atoms with E-state index in [4.69, 9.17) is 16.3 Å². The molecule has 2 rings (SSSR count). The van der Waals surface area contributed by atoms with Crippen LogP contribution in [0.5, 0.6) is 5.75 Å². The first-order chi connectivity index (χ1) is 7.65. The van der Waals surface area contributed by atoms with Crippen LogP contribution in [0.2, 0.25) is 5.15 Å². The highest BCUT2D eigenvalue weighted by Gasteiger charge is 2.25. The molecule has 0 radical (unpaired) electrons. The third-order valence-electron chi connectivity index (χ3n) is 3.55. The molecule has 1 aliphatic rings. The average molecular weight is 240 g/mol. The number of aromatic nitrogens is 1. The van der Waals surface area contributed by atoms with E-state index in [1.54, 1.807) is 12.3 Å². The molecule has 0 spiro atoms. The van der Waals surface area contributed by atoms with Gasteiger partial charge in [-0.2, -0.15) is 0 Å². The molecule has 16 heavy (non-hydrogen) atoms. The smallest absolute Gasteiger partial charge is 0.132 e. The first-order valence-corrected chi connectivity index (χ1v) is 6.31. The molecule has 0 bridgehead atoms. The maximum atomic E-state index is 5.93. The summed E-state index contributed by atoms with van der Waals surface area (Å²) in [6.07, 6.45) is 5.56. The fraction of sp³-hybridized carbons (Fsp3) is 0.615. The predicted octanol–water partition coefficient (Wildman–Crippen LogP) is 3.94. The lowest BCUT2D eigenvalue weighted by molar-refractivity contribution is 0.101.